The molecule has 1 heterocycles. The fourth-order valence-electron chi connectivity index (χ4n) is 1.32. The van der Waals surface area contributed by atoms with Crippen LogP contribution in [0.2, 0.25) is 0 Å². The lowest BCUT2D eigenvalue weighted by Crippen LogP contribution is -1.86. The Labute approximate surface area is 78.7 Å². The number of fused-ring (bicyclic) bond motifs is 1. The minimum atomic E-state index is -0.507. The summed E-state index contributed by atoms with van der Waals surface area (Å²) in [6, 6.07) is 6.23. The third-order valence-electron chi connectivity index (χ3n) is 1.93. The maximum absolute atomic E-state index is 10.6. The first-order valence-corrected chi connectivity index (χ1v) is 3.99. The molecule has 0 saturated carbocycles. The Bertz CT molecular complexity index is 489. The smallest absolute Gasteiger partial charge is 0.312 e. The lowest BCUT2D eigenvalue weighted by atomic mass is 10.2. The van der Waals surface area contributed by atoms with E-state index in [1.807, 2.05) is 0 Å². The number of para-hydroxylation sites is 1. The average Bonchev–Trinajstić information content (AvgIpc) is 2.59. The maximum atomic E-state index is 10.6. The summed E-state index contributed by atoms with van der Waals surface area (Å²) in [5.41, 5.74) is 0.128. The summed E-state index contributed by atoms with van der Waals surface area (Å²) in [4.78, 5) is 10.1. The predicted molar refractivity (Wildman–Crippen MR) is 48.8 cm³/mol. The number of nitrogens with zero attached hydrogens (tertiary/aromatic N) is 1. The van der Waals surface area contributed by atoms with Crippen LogP contribution in [-0.2, 0) is 6.61 Å². The molecule has 0 unspecified atom stereocenters. The zero-order valence-corrected chi connectivity index (χ0v) is 7.14. The summed E-state index contributed by atoms with van der Waals surface area (Å²) in [5, 5.41) is 20.0. The van der Waals surface area contributed by atoms with Crippen molar-refractivity contribution in [1.29, 1.82) is 0 Å². The molecular formula is C9H7NO4. The normalized spacial score (nSPS) is 10.6. The maximum Gasteiger partial charge on any atom is 0.312 e. The van der Waals surface area contributed by atoms with Gasteiger partial charge in [-0.25, -0.2) is 0 Å². The highest BCUT2D eigenvalue weighted by molar-refractivity contribution is 5.86. The number of furan rings is 1. The zero-order chi connectivity index (χ0) is 10.1. The molecular weight excluding hydrogens is 186 g/mol. The van der Waals surface area contributed by atoms with E-state index in [0.717, 1.165) is 0 Å². The number of rotatable bonds is 2. The molecule has 0 aliphatic heterocycles. The molecule has 0 radical (unpaired) electrons. The molecule has 5 heteroatoms. The van der Waals surface area contributed by atoms with E-state index in [0.29, 0.717) is 11.1 Å². The summed E-state index contributed by atoms with van der Waals surface area (Å²) >= 11 is 0. The van der Waals surface area contributed by atoms with E-state index >= 15 is 0 Å². The monoisotopic (exact) mass is 193 g/mol. The number of nitro benzene ring substituents is 1. The van der Waals surface area contributed by atoms with Crippen molar-refractivity contribution in [2.24, 2.45) is 0 Å². The van der Waals surface area contributed by atoms with Crippen LogP contribution in [-0.4, -0.2) is 10.0 Å². The Morgan fingerprint density at radius 3 is 2.93 bits per heavy atom. The second-order valence-electron chi connectivity index (χ2n) is 2.82. The number of hydrogen-bond donors (Lipinski definition) is 1. The highest BCUT2D eigenvalue weighted by atomic mass is 16.6. The van der Waals surface area contributed by atoms with E-state index in [1.165, 1.54) is 6.07 Å². The molecule has 0 saturated heterocycles. The van der Waals surface area contributed by atoms with Crippen LogP contribution in [0, 0.1) is 10.1 Å². The quantitative estimate of drug-likeness (QED) is 0.583. The topological polar surface area (TPSA) is 76.5 Å². The Morgan fingerprint density at radius 2 is 2.29 bits per heavy atom. The van der Waals surface area contributed by atoms with E-state index in [4.69, 9.17) is 9.52 Å². The third kappa shape index (κ3) is 1.23. The lowest BCUT2D eigenvalue weighted by molar-refractivity contribution is -0.383. The summed E-state index contributed by atoms with van der Waals surface area (Å²) in [6.45, 7) is -0.258. The molecule has 2 rings (SSSR count). The zero-order valence-electron chi connectivity index (χ0n) is 7.14. The molecule has 72 valence electrons. The van der Waals surface area contributed by atoms with Crippen molar-refractivity contribution in [2.45, 2.75) is 6.61 Å². The number of hydrogen-bond acceptors (Lipinski definition) is 4. The molecule has 0 fully saturated rings. The molecule has 1 aromatic heterocycles. The van der Waals surface area contributed by atoms with Crippen LogP contribution in [0.25, 0.3) is 11.0 Å². The van der Waals surface area contributed by atoms with Gasteiger partial charge in [0.05, 0.1) is 4.92 Å². The van der Waals surface area contributed by atoms with Crippen LogP contribution in [0.4, 0.5) is 5.69 Å². The van der Waals surface area contributed by atoms with Gasteiger partial charge in [0.25, 0.3) is 0 Å². The minimum absolute atomic E-state index is 0.0813. The van der Waals surface area contributed by atoms with Gasteiger partial charge in [-0.2, -0.15) is 0 Å². The Hall–Kier alpha value is -1.88. The van der Waals surface area contributed by atoms with Crippen molar-refractivity contribution in [3.8, 4) is 0 Å². The van der Waals surface area contributed by atoms with Crippen molar-refractivity contribution >= 4 is 16.7 Å². The largest absolute Gasteiger partial charge is 0.451 e. The first-order chi connectivity index (χ1) is 6.72. The highest BCUT2D eigenvalue weighted by Gasteiger charge is 2.15. The van der Waals surface area contributed by atoms with Gasteiger partial charge in [-0.15, -0.1) is 0 Å². The second kappa shape index (κ2) is 3.12. The van der Waals surface area contributed by atoms with Gasteiger partial charge in [-0.1, -0.05) is 12.1 Å². The molecule has 0 bridgehead atoms. The van der Waals surface area contributed by atoms with Crippen LogP contribution in [0.3, 0.4) is 0 Å². The van der Waals surface area contributed by atoms with Crippen molar-refractivity contribution in [1.82, 2.24) is 0 Å². The Kier molecular flexibility index (Phi) is 1.94. The Morgan fingerprint density at radius 1 is 1.50 bits per heavy atom. The van der Waals surface area contributed by atoms with Crippen molar-refractivity contribution < 1.29 is 14.4 Å². The van der Waals surface area contributed by atoms with Gasteiger partial charge in [0, 0.05) is 11.5 Å². The van der Waals surface area contributed by atoms with Gasteiger partial charge < -0.3 is 9.52 Å². The molecule has 14 heavy (non-hydrogen) atoms. The van der Waals surface area contributed by atoms with Crippen LogP contribution in [0.1, 0.15) is 5.76 Å². The number of benzene rings is 1. The second-order valence-corrected chi connectivity index (χ2v) is 2.82. The fourth-order valence-corrected chi connectivity index (χ4v) is 1.32. The summed E-state index contributed by atoms with van der Waals surface area (Å²) in [5.74, 6) is 0.328. The van der Waals surface area contributed by atoms with Gasteiger partial charge in [0.2, 0.25) is 5.58 Å². The standard InChI is InChI=1S/C9H7NO4/c11-5-7-4-6-2-1-3-8(10(12)13)9(6)14-7/h1-4,11H,5H2. The molecule has 0 aliphatic carbocycles. The van der Waals surface area contributed by atoms with Gasteiger partial charge in [0.15, 0.2) is 0 Å². The molecule has 1 aromatic carbocycles. The molecule has 5 nitrogen and oxygen atoms in total. The molecule has 0 spiro atoms. The van der Waals surface area contributed by atoms with E-state index < -0.39 is 4.92 Å². The number of nitro groups is 1. The Balaban J connectivity index is 2.73. The predicted octanol–water partition coefficient (Wildman–Crippen LogP) is 1.83. The number of non-ortho nitro benzene ring substituents is 1. The molecule has 2 aromatic rings. The average molecular weight is 193 g/mol. The van der Waals surface area contributed by atoms with E-state index in [1.54, 1.807) is 18.2 Å². The molecule has 0 amide bonds. The first-order valence-electron chi connectivity index (χ1n) is 3.99. The molecule has 0 atom stereocenters. The minimum Gasteiger partial charge on any atom is -0.451 e. The first kappa shape index (κ1) is 8.71. The third-order valence-corrected chi connectivity index (χ3v) is 1.93. The highest BCUT2D eigenvalue weighted by Crippen LogP contribution is 2.28. The van der Waals surface area contributed by atoms with E-state index in [-0.39, 0.29) is 17.9 Å². The molecule has 0 aliphatic rings. The van der Waals surface area contributed by atoms with Gasteiger partial charge >= 0.3 is 5.69 Å². The number of aliphatic hydroxyl groups is 1. The summed E-state index contributed by atoms with van der Waals surface area (Å²) < 4.78 is 5.12. The van der Waals surface area contributed by atoms with Gasteiger partial charge in [-0.3, -0.25) is 10.1 Å². The van der Waals surface area contributed by atoms with Crippen molar-refractivity contribution in [3.63, 3.8) is 0 Å². The molecule has 1 N–H and O–H groups in total. The SMILES string of the molecule is O=[N+]([O-])c1cccc2cc(CO)oc12. The fraction of sp³-hybridized carbons (Fsp3) is 0.111. The summed E-state index contributed by atoms with van der Waals surface area (Å²) in [6.07, 6.45) is 0. The van der Waals surface area contributed by atoms with E-state index in [9.17, 15) is 10.1 Å². The van der Waals surface area contributed by atoms with Gasteiger partial charge in [0.1, 0.15) is 12.4 Å². The van der Waals surface area contributed by atoms with Crippen LogP contribution in [0.5, 0.6) is 0 Å². The van der Waals surface area contributed by atoms with Crippen LogP contribution >= 0.6 is 0 Å². The van der Waals surface area contributed by atoms with Gasteiger partial charge in [-0.05, 0) is 6.07 Å². The summed E-state index contributed by atoms with van der Waals surface area (Å²) in [7, 11) is 0. The van der Waals surface area contributed by atoms with E-state index in [2.05, 4.69) is 0 Å². The van der Waals surface area contributed by atoms with Crippen LogP contribution < -0.4 is 0 Å². The lowest BCUT2D eigenvalue weighted by Gasteiger charge is -1.90. The van der Waals surface area contributed by atoms with Crippen molar-refractivity contribution in [2.75, 3.05) is 0 Å². The number of aliphatic hydroxyl groups excluding tert-OH is 1. The van der Waals surface area contributed by atoms with Crippen molar-refractivity contribution in [3.05, 3.63) is 40.1 Å². The van der Waals surface area contributed by atoms with Crippen LogP contribution in [0.15, 0.2) is 28.7 Å².